The van der Waals surface area contributed by atoms with Gasteiger partial charge in [0.1, 0.15) is 0 Å². The highest BCUT2D eigenvalue weighted by Gasteiger charge is 2.08. The summed E-state index contributed by atoms with van der Waals surface area (Å²) in [6, 6.07) is 2.99. The molecule has 0 spiro atoms. The second kappa shape index (κ2) is 3.36. The van der Waals surface area contributed by atoms with Crippen molar-refractivity contribution < 1.29 is 8.78 Å². The van der Waals surface area contributed by atoms with Crippen LogP contribution < -0.4 is 0 Å². The molecule has 1 rings (SSSR count). The van der Waals surface area contributed by atoms with E-state index in [1.165, 1.54) is 19.1 Å². The molecule has 12 heavy (non-hydrogen) atoms. The largest absolute Gasteiger partial charge is 0.203 e. The molecule has 0 aliphatic heterocycles. The van der Waals surface area contributed by atoms with E-state index in [9.17, 15) is 8.78 Å². The number of halogens is 2. The molecule has 0 aliphatic rings. The molecule has 0 unspecified atom stereocenters. The Balaban J connectivity index is 3.33. The predicted octanol–water partition coefficient (Wildman–Crippen LogP) is 2.64. The zero-order chi connectivity index (χ0) is 9.14. The first-order chi connectivity index (χ1) is 5.66. The Morgan fingerprint density at radius 2 is 1.83 bits per heavy atom. The minimum atomic E-state index is -0.857. The summed E-state index contributed by atoms with van der Waals surface area (Å²) in [5, 5.41) is 0. The van der Waals surface area contributed by atoms with Crippen LogP contribution in [0.5, 0.6) is 0 Å². The highest BCUT2D eigenvalue weighted by molar-refractivity contribution is 5.37. The maximum Gasteiger partial charge on any atom is 0.174 e. The number of benzene rings is 1. The highest BCUT2D eigenvalue weighted by Crippen LogP contribution is 2.14. The third-order valence-corrected chi connectivity index (χ3v) is 1.54. The van der Waals surface area contributed by atoms with Crippen molar-refractivity contribution in [1.82, 2.24) is 0 Å². The van der Waals surface area contributed by atoms with Gasteiger partial charge in [-0.15, -0.1) is 5.92 Å². The number of aryl methyl sites for hydroxylation is 1. The van der Waals surface area contributed by atoms with E-state index < -0.39 is 11.6 Å². The van der Waals surface area contributed by atoms with Crippen LogP contribution >= 0.6 is 0 Å². The first-order valence-corrected chi connectivity index (χ1v) is 3.54. The van der Waals surface area contributed by atoms with E-state index in [0.717, 1.165) is 0 Å². The average molecular weight is 166 g/mol. The van der Waals surface area contributed by atoms with Crippen LogP contribution in [0.15, 0.2) is 12.1 Å². The van der Waals surface area contributed by atoms with E-state index >= 15 is 0 Å². The van der Waals surface area contributed by atoms with Gasteiger partial charge < -0.3 is 0 Å². The lowest BCUT2D eigenvalue weighted by molar-refractivity contribution is 0.501. The molecule has 0 saturated carbocycles. The molecule has 0 saturated heterocycles. The van der Waals surface area contributed by atoms with Gasteiger partial charge in [-0.2, -0.15) is 0 Å². The average Bonchev–Trinajstić information content (AvgIpc) is 2.07. The van der Waals surface area contributed by atoms with Gasteiger partial charge in [-0.05, 0) is 25.5 Å². The van der Waals surface area contributed by atoms with Gasteiger partial charge in [0.25, 0.3) is 0 Å². The van der Waals surface area contributed by atoms with Gasteiger partial charge in [0.05, 0.1) is 5.56 Å². The van der Waals surface area contributed by atoms with Gasteiger partial charge in [-0.25, -0.2) is 8.78 Å². The van der Waals surface area contributed by atoms with Crippen molar-refractivity contribution in [3.05, 3.63) is 34.9 Å². The SMILES string of the molecule is CC#Cc1ccc(C)c(F)c1F. The van der Waals surface area contributed by atoms with E-state index in [1.54, 1.807) is 6.92 Å². The molecular formula is C10H8F2. The van der Waals surface area contributed by atoms with Crippen LogP contribution in [0, 0.1) is 30.4 Å². The molecule has 0 heterocycles. The first kappa shape index (κ1) is 8.73. The van der Waals surface area contributed by atoms with Crippen molar-refractivity contribution in [1.29, 1.82) is 0 Å². The number of rotatable bonds is 0. The summed E-state index contributed by atoms with van der Waals surface area (Å²) in [6.07, 6.45) is 0. The van der Waals surface area contributed by atoms with E-state index in [-0.39, 0.29) is 5.56 Å². The lowest BCUT2D eigenvalue weighted by Crippen LogP contribution is -1.92. The minimum absolute atomic E-state index is 0.112. The first-order valence-electron chi connectivity index (χ1n) is 3.54. The quantitative estimate of drug-likeness (QED) is 0.520. The van der Waals surface area contributed by atoms with E-state index in [4.69, 9.17) is 0 Å². The molecule has 0 aliphatic carbocycles. The van der Waals surface area contributed by atoms with Crippen LogP contribution in [0.4, 0.5) is 8.78 Å². The normalized spacial score (nSPS) is 9.00. The van der Waals surface area contributed by atoms with Gasteiger partial charge in [0.2, 0.25) is 0 Å². The molecule has 62 valence electrons. The second-order valence-corrected chi connectivity index (χ2v) is 2.43. The third kappa shape index (κ3) is 1.45. The van der Waals surface area contributed by atoms with Crippen molar-refractivity contribution >= 4 is 0 Å². The number of hydrogen-bond donors (Lipinski definition) is 0. The fourth-order valence-electron chi connectivity index (χ4n) is 0.877. The van der Waals surface area contributed by atoms with Gasteiger partial charge in [0, 0.05) is 0 Å². The third-order valence-electron chi connectivity index (χ3n) is 1.54. The van der Waals surface area contributed by atoms with Crippen molar-refractivity contribution in [3.63, 3.8) is 0 Å². The lowest BCUT2D eigenvalue weighted by atomic mass is 10.1. The monoisotopic (exact) mass is 166 g/mol. The Kier molecular flexibility index (Phi) is 2.44. The lowest BCUT2D eigenvalue weighted by Gasteiger charge is -1.98. The van der Waals surface area contributed by atoms with Crippen LogP contribution in [0.3, 0.4) is 0 Å². The fourth-order valence-corrected chi connectivity index (χ4v) is 0.877. The van der Waals surface area contributed by atoms with Crippen LogP contribution in [0.1, 0.15) is 18.1 Å². The van der Waals surface area contributed by atoms with Gasteiger partial charge >= 0.3 is 0 Å². The van der Waals surface area contributed by atoms with Crippen LogP contribution in [-0.4, -0.2) is 0 Å². The van der Waals surface area contributed by atoms with Gasteiger partial charge in [-0.1, -0.05) is 12.0 Å². The molecule has 1 aromatic rings. The molecule has 0 N–H and O–H groups in total. The Labute approximate surface area is 70.2 Å². The number of hydrogen-bond acceptors (Lipinski definition) is 0. The van der Waals surface area contributed by atoms with Crippen LogP contribution in [0.2, 0.25) is 0 Å². The smallest absolute Gasteiger partial charge is 0.174 e. The summed E-state index contributed by atoms with van der Waals surface area (Å²) in [7, 11) is 0. The molecule has 0 amide bonds. The summed E-state index contributed by atoms with van der Waals surface area (Å²) < 4.78 is 25.8. The molecule has 0 bridgehead atoms. The molecule has 0 fully saturated rings. The standard InChI is InChI=1S/C10H8F2/c1-3-4-8-6-5-7(2)9(11)10(8)12/h5-6H,1-2H3. The Hall–Kier alpha value is -1.36. The highest BCUT2D eigenvalue weighted by atomic mass is 19.2. The topological polar surface area (TPSA) is 0 Å². The second-order valence-electron chi connectivity index (χ2n) is 2.43. The molecular weight excluding hydrogens is 158 g/mol. The Morgan fingerprint density at radius 1 is 1.17 bits per heavy atom. The zero-order valence-electron chi connectivity index (χ0n) is 6.91. The molecule has 0 atom stereocenters. The van der Waals surface area contributed by atoms with E-state index in [2.05, 4.69) is 11.8 Å². The van der Waals surface area contributed by atoms with Gasteiger partial charge in [0.15, 0.2) is 11.6 Å². The Bertz CT molecular complexity index is 356. The summed E-state index contributed by atoms with van der Waals surface area (Å²) in [5.41, 5.74) is 0.412. The molecule has 0 nitrogen and oxygen atoms in total. The summed E-state index contributed by atoms with van der Waals surface area (Å²) in [4.78, 5) is 0. The molecule has 0 aromatic heterocycles. The summed E-state index contributed by atoms with van der Waals surface area (Å²) >= 11 is 0. The van der Waals surface area contributed by atoms with Crippen molar-refractivity contribution in [2.45, 2.75) is 13.8 Å². The molecule has 1 aromatic carbocycles. The maximum atomic E-state index is 13.0. The van der Waals surface area contributed by atoms with Crippen LogP contribution in [0.25, 0.3) is 0 Å². The predicted molar refractivity (Wildman–Crippen MR) is 43.6 cm³/mol. The van der Waals surface area contributed by atoms with Crippen molar-refractivity contribution in [2.75, 3.05) is 0 Å². The molecule has 0 radical (unpaired) electrons. The van der Waals surface area contributed by atoms with Crippen molar-refractivity contribution in [3.8, 4) is 11.8 Å². The van der Waals surface area contributed by atoms with Crippen molar-refractivity contribution in [2.24, 2.45) is 0 Å². The Morgan fingerprint density at radius 3 is 2.42 bits per heavy atom. The molecule has 2 heteroatoms. The van der Waals surface area contributed by atoms with Crippen LogP contribution in [-0.2, 0) is 0 Å². The van der Waals surface area contributed by atoms with E-state index in [0.29, 0.717) is 5.56 Å². The van der Waals surface area contributed by atoms with E-state index in [1.807, 2.05) is 0 Å². The summed E-state index contributed by atoms with van der Waals surface area (Å²) in [5.74, 6) is 3.33. The maximum absolute atomic E-state index is 13.0. The zero-order valence-corrected chi connectivity index (χ0v) is 6.91. The summed E-state index contributed by atoms with van der Waals surface area (Å²) in [6.45, 7) is 3.10. The fraction of sp³-hybridized carbons (Fsp3) is 0.200. The van der Waals surface area contributed by atoms with Gasteiger partial charge in [-0.3, -0.25) is 0 Å². The minimum Gasteiger partial charge on any atom is -0.203 e.